The highest BCUT2D eigenvalue weighted by Gasteiger charge is 2.21. The van der Waals surface area contributed by atoms with Crippen LogP contribution in [-0.2, 0) is 0 Å². The number of anilines is 1. The van der Waals surface area contributed by atoms with E-state index in [-0.39, 0.29) is 12.0 Å². The van der Waals surface area contributed by atoms with E-state index in [4.69, 9.17) is 4.74 Å². The van der Waals surface area contributed by atoms with Gasteiger partial charge in [-0.2, -0.15) is 11.8 Å². The van der Waals surface area contributed by atoms with Crippen LogP contribution in [-0.4, -0.2) is 28.5 Å². The van der Waals surface area contributed by atoms with Gasteiger partial charge in [0.2, 0.25) is 5.88 Å². The molecule has 0 saturated carbocycles. The number of hydrogen-bond donors (Lipinski definition) is 1. The Bertz CT molecular complexity index is 717. The minimum atomic E-state index is -0.204. The Morgan fingerprint density at radius 1 is 1.43 bits per heavy atom. The van der Waals surface area contributed by atoms with E-state index in [0.29, 0.717) is 11.4 Å². The zero-order chi connectivity index (χ0) is 16.2. The Morgan fingerprint density at radius 2 is 2.30 bits per heavy atom. The Labute approximate surface area is 148 Å². The number of carbonyl (C=O) groups is 1. The summed E-state index contributed by atoms with van der Waals surface area (Å²) in [6, 6.07) is 9.24. The fourth-order valence-corrected chi connectivity index (χ4v) is 3.95. The first-order valence-corrected chi connectivity index (χ1v) is 9.35. The summed E-state index contributed by atoms with van der Waals surface area (Å²) in [7, 11) is 0. The van der Waals surface area contributed by atoms with E-state index in [2.05, 4.69) is 26.2 Å². The molecule has 0 aliphatic carbocycles. The number of thioether (sulfide) groups is 1. The molecular weight excluding hydrogens is 376 g/mol. The molecule has 23 heavy (non-hydrogen) atoms. The molecule has 1 fully saturated rings. The number of benzene rings is 1. The van der Waals surface area contributed by atoms with Crippen molar-refractivity contribution in [1.82, 2.24) is 4.98 Å². The van der Waals surface area contributed by atoms with E-state index in [0.717, 1.165) is 33.7 Å². The second-order valence-electron chi connectivity index (χ2n) is 5.37. The van der Waals surface area contributed by atoms with Gasteiger partial charge in [-0.25, -0.2) is 4.98 Å². The van der Waals surface area contributed by atoms with Crippen LogP contribution in [0.1, 0.15) is 22.3 Å². The third-order valence-electron chi connectivity index (χ3n) is 3.62. The van der Waals surface area contributed by atoms with Crippen LogP contribution < -0.4 is 10.1 Å². The van der Waals surface area contributed by atoms with Crippen LogP contribution in [0.5, 0.6) is 5.88 Å². The lowest BCUT2D eigenvalue weighted by molar-refractivity contribution is 0.101. The molecule has 1 saturated heterocycles. The van der Waals surface area contributed by atoms with Gasteiger partial charge in [-0.3, -0.25) is 4.79 Å². The van der Waals surface area contributed by atoms with Gasteiger partial charge in [-0.15, -0.1) is 0 Å². The van der Waals surface area contributed by atoms with Gasteiger partial charge in [0.15, 0.2) is 0 Å². The Balaban J connectivity index is 1.78. The maximum Gasteiger partial charge on any atom is 0.261 e. The minimum absolute atomic E-state index is 0.135. The first kappa shape index (κ1) is 16.3. The quantitative estimate of drug-likeness (QED) is 0.842. The fourth-order valence-electron chi connectivity index (χ4n) is 2.38. The third kappa shape index (κ3) is 4.06. The predicted molar refractivity (Wildman–Crippen MR) is 97.4 cm³/mol. The lowest BCUT2D eigenvalue weighted by atomic mass is 10.2. The zero-order valence-corrected chi connectivity index (χ0v) is 15.1. The predicted octanol–water partition coefficient (Wildman–Crippen LogP) is 4.29. The molecular formula is C17H17BrN2O2S. The summed E-state index contributed by atoms with van der Waals surface area (Å²) < 4.78 is 6.90. The summed E-state index contributed by atoms with van der Waals surface area (Å²) in [6.07, 6.45) is 2.78. The topological polar surface area (TPSA) is 51.2 Å². The molecule has 2 aromatic rings. The minimum Gasteiger partial charge on any atom is -0.473 e. The van der Waals surface area contributed by atoms with Gasteiger partial charge < -0.3 is 10.1 Å². The van der Waals surface area contributed by atoms with Crippen molar-refractivity contribution >= 4 is 39.3 Å². The van der Waals surface area contributed by atoms with Crippen LogP contribution in [0.3, 0.4) is 0 Å². The molecule has 1 aliphatic heterocycles. The summed E-state index contributed by atoms with van der Waals surface area (Å²) in [5.41, 5.74) is 2.24. The highest BCUT2D eigenvalue weighted by Crippen LogP contribution is 2.26. The average Bonchev–Trinajstić information content (AvgIpc) is 3.03. The number of nitrogens with one attached hydrogen (secondary N) is 1. The van der Waals surface area contributed by atoms with Crippen LogP contribution in [0.2, 0.25) is 0 Å². The molecule has 120 valence electrons. The van der Waals surface area contributed by atoms with E-state index in [1.807, 2.05) is 36.9 Å². The van der Waals surface area contributed by atoms with Gasteiger partial charge in [-0.05, 0) is 55.0 Å². The lowest BCUT2D eigenvalue weighted by Crippen LogP contribution is -2.20. The smallest absolute Gasteiger partial charge is 0.261 e. The Kier molecular flexibility index (Phi) is 5.23. The molecule has 0 bridgehead atoms. The average molecular weight is 393 g/mol. The summed E-state index contributed by atoms with van der Waals surface area (Å²) >= 11 is 5.29. The molecule has 0 spiro atoms. The van der Waals surface area contributed by atoms with Crippen molar-refractivity contribution in [3.05, 3.63) is 52.1 Å². The molecule has 1 N–H and O–H groups in total. The maximum absolute atomic E-state index is 12.6. The summed E-state index contributed by atoms with van der Waals surface area (Å²) in [5, 5.41) is 2.93. The third-order valence-corrected chi connectivity index (χ3v) is 5.24. The molecule has 1 unspecified atom stereocenters. The van der Waals surface area contributed by atoms with E-state index >= 15 is 0 Å². The van der Waals surface area contributed by atoms with Gasteiger partial charge in [0.25, 0.3) is 5.91 Å². The molecule has 3 rings (SSSR count). The van der Waals surface area contributed by atoms with Gasteiger partial charge >= 0.3 is 0 Å². The number of hydrogen-bond acceptors (Lipinski definition) is 4. The molecule has 0 radical (unpaired) electrons. The number of amides is 1. The molecule has 1 aliphatic rings. The number of halogens is 1. The number of ether oxygens (including phenoxy) is 1. The monoisotopic (exact) mass is 392 g/mol. The van der Waals surface area contributed by atoms with Crippen LogP contribution >= 0.6 is 27.7 Å². The molecule has 1 aromatic heterocycles. The van der Waals surface area contributed by atoms with Crippen molar-refractivity contribution in [2.24, 2.45) is 0 Å². The van der Waals surface area contributed by atoms with E-state index in [9.17, 15) is 4.79 Å². The number of rotatable bonds is 4. The van der Waals surface area contributed by atoms with Crippen LogP contribution in [0.4, 0.5) is 5.69 Å². The summed E-state index contributed by atoms with van der Waals surface area (Å²) in [5.74, 6) is 2.25. The lowest BCUT2D eigenvalue weighted by Gasteiger charge is -2.15. The van der Waals surface area contributed by atoms with E-state index in [1.54, 1.807) is 18.3 Å². The van der Waals surface area contributed by atoms with Crippen molar-refractivity contribution in [1.29, 1.82) is 0 Å². The molecule has 1 aromatic carbocycles. The van der Waals surface area contributed by atoms with Gasteiger partial charge in [0, 0.05) is 22.1 Å². The highest BCUT2D eigenvalue weighted by atomic mass is 79.9. The Hall–Kier alpha value is -1.53. The SMILES string of the molecule is Cc1cc(Br)ccc1NC(=O)c1cccnc1OC1CCSC1. The first-order valence-electron chi connectivity index (χ1n) is 7.40. The van der Waals surface area contributed by atoms with Gasteiger partial charge in [0.1, 0.15) is 11.7 Å². The number of aryl methyl sites for hydroxylation is 1. The first-order chi connectivity index (χ1) is 11.1. The second kappa shape index (κ2) is 7.36. The number of carbonyl (C=O) groups excluding carboxylic acids is 1. The van der Waals surface area contributed by atoms with Crippen LogP contribution in [0.25, 0.3) is 0 Å². The normalized spacial score (nSPS) is 17.0. The molecule has 4 nitrogen and oxygen atoms in total. The van der Waals surface area contributed by atoms with Crippen LogP contribution in [0, 0.1) is 6.92 Å². The molecule has 1 atom stereocenters. The second-order valence-corrected chi connectivity index (χ2v) is 7.44. The van der Waals surface area contributed by atoms with Gasteiger partial charge in [0.05, 0.1) is 0 Å². The van der Waals surface area contributed by atoms with Crippen LogP contribution in [0.15, 0.2) is 41.0 Å². The van der Waals surface area contributed by atoms with Crippen molar-refractivity contribution in [3.63, 3.8) is 0 Å². The van der Waals surface area contributed by atoms with Crippen molar-refractivity contribution in [3.8, 4) is 5.88 Å². The van der Waals surface area contributed by atoms with Crippen molar-refractivity contribution < 1.29 is 9.53 Å². The zero-order valence-electron chi connectivity index (χ0n) is 12.7. The standard InChI is InChI=1S/C17H17BrN2O2S/c1-11-9-12(18)4-5-15(11)20-16(21)14-3-2-7-19-17(14)22-13-6-8-23-10-13/h2-5,7,9,13H,6,8,10H2,1H3,(H,20,21). The van der Waals surface area contributed by atoms with Crippen molar-refractivity contribution in [2.45, 2.75) is 19.4 Å². The Morgan fingerprint density at radius 3 is 3.04 bits per heavy atom. The number of aromatic nitrogens is 1. The summed E-state index contributed by atoms with van der Waals surface area (Å²) in [4.78, 5) is 16.8. The van der Waals surface area contributed by atoms with Gasteiger partial charge in [-0.1, -0.05) is 15.9 Å². The highest BCUT2D eigenvalue weighted by molar-refractivity contribution is 9.10. The molecule has 1 amide bonds. The molecule has 2 heterocycles. The fraction of sp³-hybridized carbons (Fsp3) is 0.294. The molecule has 6 heteroatoms. The van der Waals surface area contributed by atoms with Crippen molar-refractivity contribution in [2.75, 3.05) is 16.8 Å². The number of nitrogens with zero attached hydrogens (tertiary/aromatic N) is 1. The summed E-state index contributed by atoms with van der Waals surface area (Å²) in [6.45, 7) is 1.96. The number of pyridine rings is 1. The maximum atomic E-state index is 12.6. The largest absolute Gasteiger partial charge is 0.473 e. The van der Waals surface area contributed by atoms with E-state index in [1.165, 1.54) is 0 Å². The van der Waals surface area contributed by atoms with E-state index < -0.39 is 0 Å².